The average Bonchev–Trinajstić information content (AvgIpc) is 3.09. The van der Waals surface area contributed by atoms with Crippen LogP contribution in [0.3, 0.4) is 0 Å². The van der Waals surface area contributed by atoms with Crippen molar-refractivity contribution in [3.8, 4) is 22.6 Å². The molecule has 0 N–H and O–H groups in total. The predicted octanol–water partition coefficient (Wildman–Crippen LogP) is 7.58. The molecule has 0 aliphatic heterocycles. The number of carbonyl (C=O) groups is 2. The second kappa shape index (κ2) is 16.7. The minimum absolute atomic E-state index is 0. The Hall–Kier alpha value is -1.91. The third-order valence-electron chi connectivity index (χ3n) is 4.82. The quantitative estimate of drug-likeness (QED) is 0.298. The van der Waals surface area contributed by atoms with Crippen molar-refractivity contribution in [2.45, 2.75) is 99.7 Å². The summed E-state index contributed by atoms with van der Waals surface area (Å²) in [5, 5.41) is 0. The maximum atomic E-state index is 10.0. The Morgan fingerprint density at radius 3 is 1.76 bits per heavy atom. The van der Waals surface area contributed by atoms with Gasteiger partial charge in [-0.1, -0.05) is 44.2 Å². The zero-order valence-corrected chi connectivity index (χ0v) is 23.8. The molecule has 0 aromatic heterocycles. The van der Waals surface area contributed by atoms with E-state index in [0.717, 1.165) is 43.6 Å². The van der Waals surface area contributed by atoms with Gasteiger partial charge in [-0.15, -0.1) is 0 Å². The maximum absolute atomic E-state index is 10.0. The third-order valence-corrected chi connectivity index (χ3v) is 4.82. The van der Waals surface area contributed by atoms with Crippen LogP contribution in [0.2, 0.25) is 0 Å². The molecule has 34 heavy (non-hydrogen) atoms. The molecule has 1 aliphatic rings. The summed E-state index contributed by atoms with van der Waals surface area (Å²) in [7, 11) is 0. The first kappa shape index (κ1) is 32.1. The van der Waals surface area contributed by atoms with Gasteiger partial charge in [-0.2, -0.15) is 0 Å². The molecule has 0 atom stereocenters. The number of hydrogen-bond acceptors (Lipinski definition) is 4. The first-order chi connectivity index (χ1) is 15.6. The molecule has 0 radical (unpaired) electrons. The topological polar surface area (TPSA) is 52.6 Å². The Morgan fingerprint density at radius 2 is 1.32 bits per heavy atom. The molecular formula is C29H42O4Ti. The van der Waals surface area contributed by atoms with E-state index in [1.807, 2.05) is 33.8 Å². The fraction of sp³-hybridized carbons (Fsp3) is 0.517. The zero-order chi connectivity index (χ0) is 25.0. The van der Waals surface area contributed by atoms with Crippen molar-refractivity contribution in [3.63, 3.8) is 0 Å². The van der Waals surface area contributed by atoms with Crippen LogP contribution < -0.4 is 9.47 Å². The van der Waals surface area contributed by atoms with Gasteiger partial charge < -0.3 is 19.1 Å². The van der Waals surface area contributed by atoms with Gasteiger partial charge in [0.1, 0.15) is 11.6 Å². The fourth-order valence-corrected chi connectivity index (χ4v) is 3.58. The molecule has 0 amide bonds. The second-order valence-electron chi connectivity index (χ2n) is 8.99. The normalized spacial score (nSPS) is 10.6. The number of fused-ring (bicyclic) bond motifs is 3. The van der Waals surface area contributed by atoms with Gasteiger partial charge in [0.25, 0.3) is 0 Å². The van der Waals surface area contributed by atoms with E-state index in [-0.39, 0.29) is 45.5 Å². The summed E-state index contributed by atoms with van der Waals surface area (Å²) in [6.45, 7) is 15.4. The largest absolute Gasteiger partial charge is 0.487 e. The van der Waals surface area contributed by atoms with E-state index in [1.165, 1.54) is 22.3 Å². The van der Waals surface area contributed by atoms with Crippen LogP contribution in [0.5, 0.6) is 11.5 Å². The molecule has 2 aromatic carbocycles. The summed E-state index contributed by atoms with van der Waals surface area (Å²) in [6.07, 6.45) is 4.63. The molecule has 0 heterocycles. The number of carbonyl (C=O) groups excluding carboxylic acids is 2. The van der Waals surface area contributed by atoms with E-state index in [1.54, 1.807) is 13.8 Å². The first-order valence-electron chi connectivity index (χ1n) is 12.2. The van der Waals surface area contributed by atoms with Gasteiger partial charge in [-0.3, -0.25) is 0 Å². The molecule has 5 heteroatoms. The van der Waals surface area contributed by atoms with E-state index in [2.05, 4.69) is 44.2 Å². The van der Waals surface area contributed by atoms with Crippen molar-refractivity contribution in [1.29, 1.82) is 0 Å². The Morgan fingerprint density at radius 1 is 0.794 bits per heavy atom. The Bertz CT molecular complexity index is 887. The number of hydrogen-bond donors (Lipinski definition) is 0. The molecule has 0 bridgehead atoms. The predicted molar refractivity (Wildman–Crippen MR) is 137 cm³/mol. The third kappa shape index (κ3) is 11.0. The van der Waals surface area contributed by atoms with Crippen LogP contribution in [-0.2, 0) is 37.7 Å². The monoisotopic (exact) mass is 502 g/mol. The molecule has 0 spiro atoms. The van der Waals surface area contributed by atoms with Gasteiger partial charge in [-0.05, 0) is 77.1 Å². The van der Waals surface area contributed by atoms with Crippen molar-refractivity contribution < 1.29 is 40.8 Å². The van der Waals surface area contributed by atoms with Gasteiger partial charge in [0.05, 0.1) is 12.2 Å². The summed E-state index contributed by atoms with van der Waals surface area (Å²) in [4.78, 5) is 20.1. The van der Waals surface area contributed by atoms with Crippen LogP contribution in [0.15, 0.2) is 36.4 Å². The van der Waals surface area contributed by atoms with Gasteiger partial charge in [-0.25, -0.2) is 0 Å². The van der Waals surface area contributed by atoms with Gasteiger partial charge in [0.15, 0.2) is 11.5 Å². The maximum Gasteiger partial charge on any atom is 0.165 e. The first-order valence-corrected chi connectivity index (χ1v) is 12.2. The summed E-state index contributed by atoms with van der Waals surface area (Å²) >= 11 is 0. The van der Waals surface area contributed by atoms with Gasteiger partial charge in [0.2, 0.25) is 0 Å². The molecule has 1 aliphatic carbocycles. The van der Waals surface area contributed by atoms with Gasteiger partial charge >= 0.3 is 0 Å². The molecule has 0 saturated heterocycles. The molecule has 0 saturated carbocycles. The van der Waals surface area contributed by atoms with Crippen molar-refractivity contribution in [3.05, 3.63) is 47.5 Å². The number of Topliss-reactive ketones (excluding diaryl/α,β-unsaturated/α-hetero) is 2. The van der Waals surface area contributed by atoms with Crippen LogP contribution in [0, 0.1) is 0 Å². The second-order valence-corrected chi connectivity index (χ2v) is 8.99. The molecule has 186 valence electrons. The summed E-state index contributed by atoms with van der Waals surface area (Å²) < 4.78 is 12.0. The van der Waals surface area contributed by atoms with Crippen LogP contribution in [0.4, 0.5) is 0 Å². The Kier molecular flexibility index (Phi) is 15.7. The van der Waals surface area contributed by atoms with Crippen LogP contribution in [-0.4, -0.2) is 23.8 Å². The molecule has 0 fully saturated rings. The Balaban J connectivity index is 0.000000702. The zero-order valence-electron chi connectivity index (χ0n) is 22.3. The summed E-state index contributed by atoms with van der Waals surface area (Å²) in [5.41, 5.74) is 5.21. The van der Waals surface area contributed by atoms with E-state index in [4.69, 9.17) is 9.47 Å². The summed E-state index contributed by atoms with van der Waals surface area (Å²) in [6, 6.07) is 12.8. The SMILES string of the molecule is CC(C)Oc1ccc2c(c1OC(C)C)Cc1ccccc1-2.CCCC(C)=O.CCCC(C)=O.[Ti]. The molecule has 3 rings (SSSR count). The number of ether oxygens (including phenoxy) is 2. The molecule has 2 aromatic rings. The molecule has 4 nitrogen and oxygen atoms in total. The van der Waals surface area contributed by atoms with E-state index in [0.29, 0.717) is 0 Å². The van der Waals surface area contributed by atoms with E-state index in [9.17, 15) is 9.59 Å². The fourth-order valence-electron chi connectivity index (χ4n) is 3.58. The van der Waals surface area contributed by atoms with Crippen molar-refractivity contribution in [2.75, 3.05) is 0 Å². The van der Waals surface area contributed by atoms with Crippen LogP contribution in [0.25, 0.3) is 11.1 Å². The van der Waals surface area contributed by atoms with E-state index < -0.39 is 0 Å². The van der Waals surface area contributed by atoms with Gasteiger partial charge in [0, 0.05) is 46.5 Å². The standard InChI is InChI=1S/C19H22O2.2C5H10O.Ti/c1-12(2)20-18-10-9-16-15-8-6-5-7-14(15)11-17(16)19(18)21-13(3)4;2*1-3-4-5(2)6;/h5-10,12-13H,11H2,1-4H3;2*3-4H2,1-2H3;. The number of rotatable bonds is 8. The van der Waals surface area contributed by atoms with Crippen molar-refractivity contribution >= 4 is 11.6 Å². The smallest absolute Gasteiger partial charge is 0.165 e. The van der Waals surface area contributed by atoms with Crippen molar-refractivity contribution in [2.24, 2.45) is 0 Å². The minimum atomic E-state index is 0. The molecule has 0 unspecified atom stereocenters. The number of ketones is 2. The Labute approximate surface area is 221 Å². The molecular weight excluding hydrogens is 460 g/mol. The number of benzene rings is 2. The van der Waals surface area contributed by atoms with Crippen LogP contribution in [0.1, 0.15) is 92.2 Å². The minimum Gasteiger partial charge on any atom is -0.487 e. The van der Waals surface area contributed by atoms with Crippen LogP contribution >= 0.6 is 0 Å². The van der Waals surface area contributed by atoms with Crippen molar-refractivity contribution in [1.82, 2.24) is 0 Å². The average molecular weight is 503 g/mol. The summed E-state index contributed by atoms with van der Waals surface area (Å²) in [5.74, 6) is 2.34. The van der Waals surface area contributed by atoms with E-state index >= 15 is 0 Å².